The summed E-state index contributed by atoms with van der Waals surface area (Å²) >= 11 is 6.03. The third kappa shape index (κ3) is 4.06. The first kappa shape index (κ1) is 15.1. The maximum Gasteiger partial charge on any atom is 0.335 e. The van der Waals surface area contributed by atoms with Crippen molar-refractivity contribution in [2.75, 3.05) is 5.32 Å². The lowest BCUT2D eigenvalue weighted by Gasteiger charge is -2.11. The van der Waals surface area contributed by atoms with E-state index < -0.39 is 5.97 Å². The smallest absolute Gasteiger partial charge is 0.335 e. The van der Waals surface area contributed by atoms with E-state index in [2.05, 4.69) is 15.3 Å². The molecule has 0 aliphatic carbocycles. The van der Waals surface area contributed by atoms with Crippen LogP contribution in [0.5, 0.6) is 5.88 Å². The number of ether oxygens (including phenoxy) is 1. The average Bonchev–Trinajstić information content (AvgIpc) is 2.40. The lowest BCUT2D eigenvalue weighted by atomic mass is 10.2. The Morgan fingerprint density at radius 3 is 2.76 bits per heavy atom. The molecule has 0 aliphatic rings. The van der Waals surface area contributed by atoms with Gasteiger partial charge < -0.3 is 15.2 Å². The molecule has 0 atom stereocenters. The van der Waals surface area contributed by atoms with Crippen LogP contribution < -0.4 is 10.1 Å². The zero-order valence-corrected chi connectivity index (χ0v) is 12.3. The maximum atomic E-state index is 10.8. The lowest BCUT2D eigenvalue weighted by molar-refractivity contribution is 0.0697. The molecule has 0 aliphatic heterocycles. The summed E-state index contributed by atoms with van der Waals surface area (Å²) in [5, 5.41) is 12.1. The van der Waals surface area contributed by atoms with Crippen LogP contribution in [0.1, 0.15) is 24.2 Å². The minimum atomic E-state index is -1.04. The Hall–Kier alpha value is -2.34. The minimum absolute atomic E-state index is 0.00573. The van der Waals surface area contributed by atoms with Gasteiger partial charge in [0.15, 0.2) is 0 Å². The van der Waals surface area contributed by atoms with Crippen molar-refractivity contribution in [3.63, 3.8) is 0 Å². The number of halogens is 1. The number of aromatic carboxylic acids is 1. The Labute approximate surface area is 126 Å². The van der Waals surface area contributed by atoms with E-state index in [1.54, 1.807) is 18.3 Å². The van der Waals surface area contributed by atoms with Crippen LogP contribution in [-0.4, -0.2) is 27.1 Å². The molecular weight excluding hydrogens is 294 g/mol. The molecule has 0 unspecified atom stereocenters. The number of carboxylic acid groups (broad SMARTS) is 1. The summed E-state index contributed by atoms with van der Waals surface area (Å²) in [6.07, 6.45) is 1.57. The highest BCUT2D eigenvalue weighted by Gasteiger charge is 2.09. The fourth-order valence-corrected chi connectivity index (χ4v) is 1.81. The molecule has 0 saturated heterocycles. The van der Waals surface area contributed by atoms with E-state index in [9.17, 15) is 4.79 Å². The number of hydrogen-bond donors (Lipinski definition) is 2. The van der Waals surface area contributed by atoms with Gasteiger partial charge in [0.2, 0.25) is 11.8 Å². The van der Waals surface area contributed by atoms with Gasteiger partial charge in [-0.3, -0.25) is 0 Å². The van der Waals surface area contributed by atoms with Gasteiger partial charge in [0.25, 0.3) is 0 Å². The van der Waals surface area contributed by atoms with E-state index in [-0.39, 0.29) is 16.7 Å². The van der Waals surface area contributed by atoms with Crippen molar-refractivity contribution in [3.8, 4) is 5.88 Å². The topological polar surface area (TPSA) is 84.3 Å². The second kappa shape index (κ2) is 6.41. The van der Waals surface area contributed by atoms with Crippen molar-refractivity contribution in [1.29, 1.82) is 0 Å². The van der Waals surface area contributed by atoms with E-state index in [1.165, 1.54) is 12.1 Å². The molecule has 21 heavy (non-hydrogen) atoms. The number of carboxylic acids is 1. The van der Waals surface area contributed by atoms with Gasteiger partial charge in [0.05, 0.1) is 22.4 Å². The van der Waals surface area contributed by atoms with Gasteiger partial charge in [-0.1, -0.05) is 11.6 Å². The molecule has 2 aromatic rings. The van der Waals surface area contributed by atoms with Crippen LogP contribution in [0.15, 0.2) is 30.5 Å². The van der Waals surface area contributed by atoms with Crippen molar-refractivity contribution in [2.45, 2.75) is 20.0 Å². The van der Waals surface area contributed by atoms with Gasteiger partial charge >= 0.3 is 5.97 Å². The van der Waals surface area contributed by atoms with Gasteiger partial charge in [-0.2, -0.15) is 4.98 Å². The Bertz CT molecular complexity index is 662. The van der Waals surface area contributed by atoms with E-state index in [0.717, 1.165) is 0 Å². The minimum Gasteiger partial charge on any atom is -0.478 e. The first-order valence-corrected chi connectivity index (χ1v) is 6.63. The van der Waals surface area contributed by atoms with E-state index in [1.807, 2.05) is 13.8 Å². The molecule has 0 fully saturated rings. The molecule has 0 spiro atoms. The van der Waals surface area contributed by atoms with Crippen LogP contribution in [0, 0.1) is 0 Å². The highest BCUT2D eigenvalue weighted by Crippen LogP contribution is 2.25. The molecule has 0 radical (unpaired) electrons. The molecule has 1 aromatic carbocycles. The third-order valence-electron chi connectivity index (χ3n) is 2.45. The number of hydrogen-bond acceptors (Lipinski definition) is 5. The maximum absolute atomic E-state index is 10.8. The second-order valence-corrected chi connectivity index (χ2v) is 4.92. The number of nitrogens with zero attached hydrogens (tertiary/aromatic N) is 2. The van der Waals surface area contributed by atoms with Crippen LogP contribution in [0.3, 0.4) is 0 Å². The number of benzene rings is 1. The standard InChI is InChI=1S/C14H14ClN3O3/c1-8(2)21-12-5-6-16-14(18-12)17-11-4-3-9(13(19)20)7-10(11)15/h3-8H,1-2H3,(H,19,20)(H,16,17,18). The van der Waals surface area contributed by atoms with Crippen molar-refractivity contribution in [2.24, 2.45) is 0 Å². The zero-order chi connectivity index (χ0) is 15.4. The van der Waals surface area contributed by atoms with Crippen LogP contribution in [-0.2, 0) is 0 Å². The van der Waals surface area contributed by atoms with E-state index in [0.29, 0.717) is 17.5 Å². The van der Waals surface area contributed by atoms with Gasteiger partial charge in [-0.05, 0) is 32.0 Å². The Morgan fingerprint density at radius 1 is 1.38 bits per heavy atom. The average molecular weight is 308 g/mol. The third-order valence-corrected chi connectivity index (χ3v) is 2.76. The van der Waals surface area contributed by atoms with Crippen molar-refractivity contribution in [3.05, 3.63) is 41.0 Å². The van der Waals surface area contributed by atoms with Gasteiger partial charge in [-0.15, -0.1) is 0 Å². The second-order valence-electron chi connectivity index (χ2n) is 4.51. The Morgan fingerprint density at radius 2 is 2.14 bits per heavy atom. The Balaban J connectivity index is 2.20. The quantitative estimate of drug-likeness (QED) is 0.881. The molecule has 0 saturated carbocycles. The van der Waals surface area contributed by atoms with Crippen LogP contribution in [0.4, 0.5) is 11.6 Å². The predicted molar refractivity (Wildman–Crippen MR) is 79.5 cm³/mol. The predicted octanol–water partition coefficient (Wildman–Crippen LogP) is 3.36. The molecule has 2 rings (SSSR count). The number of carbonyl (C=O) groups is 1. The summed E-state index contributed by atoms with van der Waals surface area (Å²) in [6.45, 7) is 3.80. The summed E-state index contributed by atoms with van der Waals surface area (Å²) < 4.78 is 5.47. The summed E-state index contributed by atoms with van der Waals surface area (Å²) in [5.74, 6) is -0.272. The first-order valence-electron chi connectivity index (χ1n) is 6.25. The van der Waals surface area contributed by atoms with Crippen molar-refractivity contribution >= 4 is 29.2 Å². The largest absolute Gasteiger partial charge is 0.478 e. The number of nitrogens with one attached hydrogen (secondary N) is 1. The number of aromatic nitrogens is 2. The molecule has 0 bridgehead atoms. The highest BCUT2D eigenvalue weighted by molar-refractivity contribution is 6.33. The van der Waals surface area contributed by atoms with E-state index >= 15 is 0 Å². The molecule has 0 amide bonds. The number of anilines is 2. The SMILES string of the molecule is CC(C)Oc1ccnc(Nc2ccc(C(=O)O)cc2Cl)n1. The van der Waals surface area contributed by atoms with Gasteiger partial charge in [0.1, 0.15) is 0 Å². The molecule has 1 aromatic heterocycles. The van der Waals surface area contributed by atoms with Crippen molar-refractivity contribution in [1.82, 2.24) is 9.97 Å². The first-order chi connectivity index (χ1) is 9.95. The zero-order valence-electron chi connectivity index (χ0n) is 11.5. The normalized spacial score (nSPS) is 10.5. The Kier molecular flexibility index (Phi) is 4.59. The van der Waals surface area contributed by atoms with Crippen LogP contribution >= 0.6 is 11.6 Å². The molecular formula is C14H14ClN3O3. The highest BCUT2D eigenvalue weighted by atomic mass is 35.5. The van der Waals surface area contributed by atoms with Gasteiger partial charge in [0, 0.05) is 12.3 Å². The van der Waals surface area contributed by atoms with Crippen LogP contribution in [0.25, 0.3) is 0 Å². The lowest BCUT2D eigenvalue weighted by Crippen LogP contribution is -2.08. The molecule has 7 heteroatoms. The summed E-state index contributed by atoms with van der Waals surface area (Å²) in [7, 11) is 0. The monoisotopic (exact) mass is 307 g/mol. The summed E-state index contributed by atoms with van der Waals surface area (Å²) in [6, 6.07) is 6.02. The van der Waals surface area contributed by atoms with E-state index in [4.69, 9.17) is 21.4 Å². The fourth-order valence-electron chi connectivity index (χ4n) is 1.58. The summed E-state index contributed by atoms with van der Waals surface area (Å²) in [5.41, 5.74) is 0.631. The van der Waals surface area contributed by atoms with Crippen LogP contribution in [0.2, 0.25) is 5.02 Å². The number of rotatable bonds is 5. The van der Waals surface area contributed by atoms with Gasteiger partial charge in [-0.25, -0.2) is 9.78 Å². The molecule has 110 valence electrons. The molecule has 1 heterocycles. The van der Waals surface area contributed by atoms with Crippen molar-refractivity contribution < 1.29 is 14.6 Å². The molecule has 6 nitrogen and oxygen atoms in total. The fraction of sp³-hybridized carbons (Fsp3) is 0.214. The molecule has 2 N–H and O–H groups in total. The summed E-state index contributed by atoms with van der Waals surface area (Å²) in [4.78, 5) is 19.1.